The number of benzene rings is 3. The van der Waals surface area contributed by atoms with Gasteiger partial charge < -0.3 is 15.0 Å². The molecule has 2 aromatic heterocycles. The molecule has 0 aliphatic rings. The Morgan fingerprint density at radius 1 is 0.921 bits per heavy atom. The number of amides is 1. The van der Waals surface area contributed by atoms with Crippen molar-refractivity contribution in [2.75, 3.05) is 11.9 Å². The van der Waals surface area contributed by atoms with Crippen LogP contribution in [0.25, 0.3) is 27.8 Å². The van der Waals surface area contributed by atoms with Crippen LogP contribution in [0.3, 0.4) is 0 Å². The molecular weight excluding hydrogens is 476 g/mol. The molecule has 0 saturated carbocycles. The number of H-pyrrole nitrogens is 1. The molecule has 2 heterocycles. The molecular formula is C31H30N4O3. The Kier molecular flexibility index (Phi) is 7.09. The summed E-state index contributed by atoms with van der Waals surface area (Å²) >= 11 is 0. The van der Waals surface area contributed by atoms with Gasteiger partial charge in [-0.3, -0.25) is 9.59 Å². The maximum absolute atomic E-state index is 12.8. The lowest BCUT2D eigenvalue weighted by Gasteiger charge is -2.09. The van der Waals surface area contributed by atoms with Gasteiger partial charge in [-0.2, -0.15) is 5.10 Å². The number of hydrogen-bond acceptors (Lipinski definition) is 4. The number of para-hydroxylation sites is 2. The van der Waals surface area contributed by atoms with E-state index in [4.69, 9.17) is 9.84 Å². The van der Waals surface area contributed by atoms with Crippen molar-refractivity contribution in [2.24, 2.45) is 0 Å². The van der Waals surface area contributed by atoms with Crippen molar-refractivity contribution < 1.29 is 14.3 Å². The van der Waals surface area contributed by atoms with Crippen LogP contribution in [0.2, 0.25) is 0 Å². The first-order valence-electron chi connectivity index (χ1n) is 12.6. The Hall–Kier alpha value is -4.65. The van der Waals surface area contributed by atoms with E-state index in [0.717, 1.165) is 39.0 Å². The fourth-order valence-corrected chi connectivity index (χ4v) is 4.58. The number of carbonyl (C=O) groups is 2. The molecule has 0 atom stereocenters. The van der Waals surface area contributed by atoms with Crippen molar-refractivity contribution in [2.45, 2.75) is 33.6 Å². The normalized spacial score (nSPS) is 11.0. The Balaban J connectivity index is 1.27. The van der Waals surface area contributed by atoms with Gasteiger partial charge in [0.25, 0.3) is 5.91 Å². The maximum Gasteiger partial charge on any atom is 0.306 e. The number of carbonyl (C=O) groups excluding carboxylic acids is 2. The van der Waals surface area contributed by atoms with Gasteiger partial charge in [0.05, 0.1) is 11.4 Å². The molecule has 2 N–H and O–H groups in total. The molecule has 192 valence electrons. The topological polar surface area (TPSA) is 89.0 Å². The van der Waals surface area contributed by atoms with Gasteiger partial charge >= 0.3 is 5.97 Å². The minimum Gasteiger partial charge on any atom is -0.456 e. The third-order valence-electron chi connectivity index (χ3n) is 6.73. The molecule has 0 aliphatic carbocycles. The van der Waals surface area contributed by atoms with Crippen LogP contribution in [0.15, 0.2) is 79.0 Å². The average molecular weight is 507 g/mol. The smallest absolute Gasteiger partial charge is 0.306 e. The lowest BCUT2D eigenvalue weighted by Crippen LogP contribution is -2.22. The van der Waals surface area contributed by atoms with Crippen LogP contribution in [0.1, 0.15) is 28.7 Å². The third kappa shape index (κ3) is 5.37. The molecule has 5 aromatic rings. The number of fused-ring (bicyclic) bond motifs is 1. The van der Waals surface area contributed by atoms with E-state index in [2.05, 4.69) is 43.2 Å². The first-order valence-corrected chi connectivity index (χ1v) is 12.6. The predicted octanol–water partition coefficient (Wildman–Crippen LogP) is 6.06. The zero-order chi connectivity index (χ0) is 26.6. The van der Waals surface area contributed by atoms with Crippen LogP contribution in [0.5, 0.6) is 0 Å². The van der Waals surface area contributed by atoms with E-state index in [1.54, 1.807) is 4.68 Å². The minimum absolute atomic E-state index is 0.188. The van der Waals surface area contributed by atoms with Crippen LogP contribution >= 0.6 is 0 Å². The molecule has 0 fully saturated rings. The van der Waals surface area contributed by atoms with E-state index in [9.17, 15) is 9.59 Å². The quantitative estimate of drug-likeness (QED) is 0.250. The van der Waals surface area contributed by atoms with Crippen LogP contribution in [-0.4, -0.2) is 33.2 Å². The van der Waals surface area contributed by atoms with Crippen LogP contribution in [-0.2, 0) is 20.7 Å². The summed E-state index contributed by atoms with van der Waals surface area (Å²) in [7, 11) is 0. The summed E-state index contributed by atoms with van der Waals surface area (Å²) in [5.41, 5.74) is 8.13. The second kappa shape index (κ2) is 10.8. The van der Waals surface area contributed by atoms with Crippen LogP contribution in [0, 0.1) is 20.8 Å². The lowest BCUT2D eigenvalue weighted by atomic mass is 9.99. The summed E-state index contributed by atoms with van der Waals surface area (Å²) < 4.78 is 6.98. The van der Waals surface area contributed by atoms with Crippen molar-refractivity contribution in [1.82, 2.24) is 14.8 Å². The fourth-order valence-electron chi connectivity index (χ4n) is 4.58. The monoisotopic (exact) mass is 506 g/mol. The van der Waals surface area contributed by atoms with Crippen molar-refractivity contribution in [3.05, 3.63) is 101 Å². The second-order valence-electron chi connectivity index (χ2n) is 9.48. The molecule has 0 radical (unpaired) electrons. The number of nitrogens with one attached hydrogen (secondary N) is 2. The highest BCUT2D eigenvalue weighted by molar-refractivity contribution is 5.93. The molecule has 38 heavy (non-hydrogen) atoms. The number of aromatic amines is 1. The van der Waals surface area contributed by atoms with Crippen molar-refractivity contribution in [1.29, 1.82) is 0 Å². The number of nitrogens with zero attached hydrogens (tertiary/aromatic N) is 2. The molecule has 0 saturated heterocycles. The molecule has 5 rings (SSSR count). The van der Waals surface area contributed by atoms with Gasteiger partial charge in [-0.15, -0.1) is 0 Å². The van der Waals surface area contributed by atoms with Crippen LogP contribution < -0.4 is 5.32 Å². The zero-order valence-corrected chi connectivity index (χ0v) is 21.7. The van der Waals surface area contributed by atoms with Gasteiger partial charge in [0.2, 0.25) is 0 Å². The lowest BCUT2D eigenvalue weighted by molar-refractivity contribution is -0.147. The highest BCUT2D eigenvalue weighted by Crippen LogP contribution is 2.29. The van der Waals surface area contributed by atoms with Gasteiger partial charge in [-0.05, 0) is 73.7 Å². The number of anilines is 1. The van der Waals surface area contributed by atoms with Gasteiger partial charge in [-0.25, -0.2) is 4.68 Å². The number of aromatic nitrogens is 3. The van der Waals surface area contributed by atoms with E-state index in [-0.39, 0.29) is 13.0 Å². The predicted molar refractivity (Wildman–Crippen MR) is 149 cm³/mol. The SMILES string of the molecule is Cc1cc(C)c(-c2cc(NC(=O)COC(=O)CCc3c[nH]c4ccccc34)n(-c3ccccc3)n2)cc1C. The van der Waals surface area contributed by atoms with Gasteiger partial charge in [0, 0.05) is 35.2 Å². The minimum atomic E-state index is -0.425. The molecule has 0 bridgehead atoms. The number of aryl methyl sites for hydroxylation is 4. The Bertz CT molecular complexity index is 1620. The first kappa shape index (κ1) is 25.0. The number of hydrogen-bond donors (Lipinski definition) is 2. The zero-order valence-electron chi connectivity index (χ0n) is 21.7. The largest absolute Gasteiger partial charge is 0.456 e. The van der Waals surface area contributed by atoms with E-state index in [0.29, 0.717) is 12.2 Å². The molecule has 3 aromatic carbocycles. The van der Waals surface area contributed by atoms with Gasteiger partial charge in [-0.1, -0.05) is 42.5 Å². The second-order valence-corrected chi connectivity index (χ2v) is 9.48. The van der Waals surface area contributed by atoms with Gasteiger partial charge in [0.1, 0.15) is 5.82 Å². The molecule has 7 heteroatoms. The molecule has 0 aliphatic heterocycles. The number of esters is 1. The summed E-state index contributed by atoms with van der Waals surface area (Å²) in [6.07, 6.45) is 2.63. The summed E-state index contributed by atoms with van der Waals surface area (Å²) in [5.74, 6) is -0.344. The molecule has 7 nitrogen and oxygen atoms in total. The maximum atomic E-state index is 12.8. The number of ether oxygens (including phenoxy) is 1. The van der Waals surface area contributed by atoms with E-state index < -0.39 is 11.9 Å². The molecule has 1 amide bonds. The summed E-state index contributed by atoms with van der Waals surface area (Å²) in [4.78, 5) is 28.4. The summed E-state index contributed by atoms with van der Waals surface area (Å²) in [5, 5.41) is 8.76. The standard InChI is InChI=1S/C31H30N4O3/c1-20-15-22(3)26(16-21(20)2)28-17-29(35(34-28)24-9-5-4-6-10-24)33-30(36)19-38-31(37)14-13-23-18-32-27-12-8-7-11-25(23)27/h4-12,15-18,32H,13-14,19H2,1-3H3,(H,33,36). The Labute approximate surface area is 221 Å². The highest BCUT2D eigenvalue weighted by atomic mass is 16.5. The summed E-state index contributed by atoms with van der Waals surface area (Å²) in [6, 6.07) is 23.6. The molecule has 0 spiro atoms. The summed E-state index contributed by atoms with van der Waals surface area (Å²) in [6.45, 7) is 5.84. The first-order chi connectivity index (χ1) is 18.4. The van der Waals surface area contributed by atoms with Crippen LogP contribution in [0.4, 0.5) is 5.82 Å². The molecule has 0 unspecified atom stereocenters. The average Bonchev–Trinajstić information content (AvgIpc) is 3.53. The highest BCUT2D eigenvalue weighted by Gasteiger charge is 2.17. The van der Waals surface area contributed by atoms with Crippen molar-refractivity contribution >= 4 is 28.6 Å². The fraction of sp³-hybridized carbons (Fsp3) is 0.194. The van der Waals surface area contributed by atoms with Gasteiger partial charge in [0.15, 0.2) is 6.61 Å². The Morgan fingerprint density at radius 2 is 1.66 bits per heavy atom. The van der Waals surface area contributed by atoms with E-state index in [1.165, 1.54) is 11.1 Å². The number of rotatable bonds is 8. The third-order valence-corrected chi connectivity index (χ3v) is 6.73. The van der Waals surface area contributed by atoms with E-state index >= 15 is 0 Å². The van der Waals surface area contributed by atoms with Crippen molar-refractivity contribution in [3.8, 4) is 16.9 Å². The van der Waals surface area contributed by atoms with E-state index in [1.807, 2.05) is 66.9 Å². The van der Waals surface area contributed by atoms with Crippen molar-refractivity contribution in [3.63, 3.8) is 0 Å². The Morgan fingerprint density at radius 3 is 2.47 bits per heavy atom.